The van der Waals surface area contributed by atoms with Gasteiger partial charge in [0.15, 0.2) is 0 Å². The Balaban J connectivity index is 0.00000225. The van der Waals surface area contributed by atoms with Crippen molar-refractivity contribution < 1.29 is 9.47 Å². The van der Waals surface area contributed by atoms with Gasteiger partial charge < -0.3 is 9.47 Å². The van der Waals surface area contributed by atoms with Gasteiger partial charge in [-0.15, -0.1) is 28.3 Å². The molecular weight excluding hydrogens is 402 g/mol. The Morgan fingerprint density at radius 2 is 1.88 bits per heavy atom. The average molecular weight is 420 g/mol. The molecule has 0 bridgehead atoms. The monoisotopic (exact) mass is 419 g/mol. The number of anilines is 1. The zero-order valence-electron chi connectivity index (χ0n) is 13.8. The van der Waals surface area contributed by atoms with Gasteiger partial charge in [-0.3, -0.25) is 5.43 Å². The number of hydrogen-bond donors (Lipinski definition) is 1. The second kappa shape index (κ2) is 9.19. The molecule has 0 aliphatic rings. The molecule has 0 spiro atoms. The molecule has 0 saturated heterocycles. The number of thiazole rings is 1. The number of rotatable bonds is 6. The molecule has 1 aromatic heterocycles. The molecule has 7 heteroatoms. The lowest BCUT2D eigenvalue weighted by Gasteiger charge is -2.06. The van der Waals surface area contributed by atoms with E-state index in [1.165, 1.54) is 11.3 Å². The highest BCUT2D eigenvalue weighted by atomic mass is 79.9. The topological polar surface area (TPSA) is 55.7 Å². The van der Waals surface area contributed by atoms with Gasteiger partial charge in [-0.1, -0.05) is 30.3 Å². The molecule has 25 heavy (non-hydrogen) atoms. The van der Waals surface area contributed by atoms with Crippen molar-refractivity contribution >= 4 is 39.7 Å². The minimum absolute atomic E-state index is 0. The lowest BCUT2D eigenvalue weighted by atomic mass is 10.2. The first kappa shape index (κ1) is 19.0. The summed E-state index contributed by atoms with van der Waals surface area (Å²) in [5, 5.41) is 6.97. The smallest absolute Gasteiger partial charge is 0.203 e. The van der Waals surface area contributed by atoms with Crippen LogP contribution < -0.4 is 14.9 Å². The van der Waals surface area contributed by atoms with Crippen LogP contribution in [0.2, 0.25) is 0 Å². The maximum absolute atomic E-state index is 5.34. The van der Waals surface area contributed by atoms with Crippen molar-refractivity contribution in [3.05, 3.63) is 59.5 Å². The molecule has 0 aliphatic carbocycles. The molecule has 1 N–H and O–H groups in total. The Labute approximate surface area is 161 Å². The molecule has 0 saturated carbocycles. The number of methoxy groups -OCH3 is 2. The van der Waals surface area contributed by atoms with Crippen LogP contribution in [-0.4, -0.2) is 25.4 Å². The van der Waals surface area contributed by atoms with Gasteiger partial charge in [0, 0.05) is 22.6 Å². The second-order valence-electron chi connectivity index (χ2n) is 4.88. The predicted octanol–water partition coefficient (Wildman–Crippen LogP) is 4.85. The Kier molecular flexibility index (Phi) is 6.97. The lowest BCUT2D eigenvalue weighted by Crippen LogP contribution is -1.95. The largest absolute Gasteiger partial charge is 0.497 e. The summed E-state index contributed by atoms with van der Waals surface area (Å²) in [7, 11) is 3.24. The number of ether oxygens (including phenoxy) is 2. The van der Waals surface area contributed by atoms with Crippen molar-refractivity contribution in [1.29, 1.82) is 0 Å². The molecule has 0 amide bonds. The molecular formula is C18H18BrN3O2S. The molecule has 5 nitrogen and oxygen atoms in total. The van der Waals surface area contributed by atoms with Gasteiger partial charge in [-0.25, -0.2) is 4.98 Å². The van der Waals surface area contributed by atoms with E-state index in [-0.39, 0.29) is 17.0 Å². The van der Waals surface area contributed by atoms with Crippen molar-refractivity contribution in [1.82, 2.24) is 4.98 Å². The normalized spacial score (nSPS) is 10.3. The first-order valence-electron chi connectivity index (χ1n) is 7.32. The van der Waals surface area contributed by atoms with Crippen molar-refractivity contribution in [2.24, 2.45) is 5.10 Å². The minimum Gasteiger partial charge on any atom is -0.497 e. The third-order valence-corrected chi connectivity index (χ3v) is 4.13. The Hall–Kier alpha value is -2.38. The van der Waals surface area contributed by atoms with Gasteiger partial charge >= 0.3 is 0 Å². The predicted molar refractivity (Wildman–Crippen MR) is 109 cm³/mol. The highest BCUT2D eigenvalue weighted by Crippen LogP contribution is 2.25. The SMILES string of the molecule is Br.COc1ccc(/C=N/Nc2nc(-c3ccccc3)cs2)c(OC)c1. The van der Waals surface area contributed by atoms with Crippen LogP contribution in [0.5, 0.6) is 11.5 Å². The van der Waals surface area contributed by atoms with E-state index < -0.39 is 0 Å². The average Bonchev–Trinajstić information content (AvgIpc) is 3.11. The van der Waals surface area contributed by atoms with Gasteiger partial charge in [-0.2, -0.15) is 5.10 Å². The van der Waals surface area contributed by atoms with Crippen molar-refractivity contribution in [3.8, 4) is 22.8 Å². The zero-order chi connectivity index (χ0) is 16.8. The van der Waals surface area contributed by atoms with Crippen LogP contribution in [0, 0.1) is 0 Å². The molecule has 0 unspecified atom stereocenters. The zero-order valence-corrected chi connectivity index (χ0v) is 16.3. The number of hydrogen-bond acceptors (Lipinski definition) is 6. The van der Waals surface area contributed by atoms with Gasteiger partial charge in [0.2, 0.25) is 5.13 Å². The molecule has 1 heterocycles. The van der Waals surface area contributed by atoms with E-state index in [1.54, 1.807) is 20.4 Å². The van der Waals surface area contributed by atoms with E-state index in [2.05, 4.69) is 15.5 Å². The Morgan fingerprint density at radius 3 is 2.60 bits per heavy atom. The summed E-state index contributed by atoms with van der Waals surface area (Å²) in [5.41, 5.74) is 5.82. The molecule has 2 aromatic carbocycles. The molecule has 0 aliphatic heterocycles. The first-order valence-corrected chi connectivity index (χ1v) is 8.20. The second-order valence-corrected chi connectivity index (χ2v) is 5.74. The number of aromatic nitrogens is 1. The molecule has 130 valence electrons. The van der Waals surface area contributed by atoms with E-state index in [4.69, 9.17) is 9.47 Å². The molecule has 0 fully saturated rings. The molecule has 0 atom stereocenters. The van der Waals surface area contributed by atoms with Crippen LogP contribution in [0.15, 0.2) is 59.0 Å². The number of nitrogens with one attached hydrogen (secondary N) is 1. The van der Waals surface area contributed by atoms with Crippen LogP contribution in [0.25, 0.3) is 11.3 Å². The lowest BCUT2D eigenvalue weighted by molar-refractivity contribution is 0.394. The highest BCUT2D eigenvalue weighted by Gasteiger charge is 2.04. The maximum Gasteiger partial charge on any atom is 0.203 e. The quantitative estimate of drug-likeness (QED) is 0.458. The number of hydrazone groups is 1. The Morgan fingerprint density at radius 1 is 1.08 bits per heavy atom. The summed E-state index contributed by atoms with van der Waals surface area (Å²) >= 11 is 1.51. The van der Waals surface area contributed by atoms with Crippen LogP contribution >= 0.6 is 28.3 Å². The summed E-state index contributed by atoms with van der Waals surface area (Å²) in [4.78, 5) is 4.52. The fourth-order valence-corrected chi connectivity index (χ4v) is 2.82. The first-order chi connectivity index (χ1) is 11.8. The fourth-order valence-electron chi connectivity index (χ4n) is 2.15. The van der Waals surface area contributed by atoms with E-state index in [0.717, 1.165) is 27.7 Å². The molecule has 3 aromatic rings. The third-order valence-electron chi connectivity index (χ3n) is 3.38. The van der Waals surface area contributed by atoms with E-state index in [0.29, 0.717) is 5.75 Å². The van der Waals surface area contributed by atoms with Crippen LogP contribution in [0.1, 0.15) is 5.56 Å². The minimum atomic E-state index is 0. The fraction of sp³-hybridized carbons (Fsp3) is 0.111. The standard InChI is InChI=1S/C18H17N3O2S.BrH/c1-22-15-9-8-14(17(10-15)23-2)11-19-21-18-20-16(12-24-18)13-6-4-3-5-7-13;/h3-12H,1-2H3,(H,20,21);1H/b19-11+;. The summed E-state index contributed by atoms with van der Waals surface area (Å²) in [6.07, 6.45) is 1.70. The van der Waals surface area contributed by atoms with Crippen molar-refractivity contribution in [2.45, 2.75) is 0 Å². The third kappa shape index (κ3) is 4.80. The van der Waals surface area contributed by atoms with Gasteiger partial charge in [0.1, 0.15) is 11.5 Å². The number of nitrogens with zero attached hydrogens (tertiary/aromatic N) is 2. The van der Waals surface area contributed by atoms with Crippen LogP contribution in [0.3, 0.4) is 0 Å². The summed E-state index contributed by atoms with van der Waals surface area (Å²) in [6.45, 7) is 0. The maximum atomic E-state index is 5.34. The Bertz CT molecular complexity index is 837. The summed E-state index contributed by atoms with van der Waals surface area (Å²) in [6, 6.07) is 15.6. The van der Waals surface area contributed by atoms with Gasteiger partial charge in [-0.05, 0) is 12.1 Å². The van der Waals surface area contributed by atoms with E-state index in [9.17, 15) is 0 Å². The molecule has 0 radical (unpaired) electrons. The van der Waals surface area contributed by atoms with Crippen molar-refractivity contribution in [3.63, 3.8) is 0 Å². The number of benzene rings is 2. The van der Waals surface area contributed by atoms with Gasteiger partial charge in [0.05, 0.1) is 26.1 Å². The van der Waals surface area contributed by atoms with Crippen LogP contribution in [-0.2, 0) is 0 Å². The highest BCUT2D eigenvalue weighted by molar-refractivity contribution is 8.93. The van der Waals surface area contributed by atoms with Crippen LogP contribution in [0.4, 0.5) is 5.13 Å². The molecule has 3 rings (SSSR count). The van der Waals surface area contributed by atoms with Gasteiger partial charge in [0.25, 0.3) is 0 Å². The summed E-state index contributed by atoms with van der Waals surface area (Å²) in [5.74, 6) is 1.44. The van der Waals surface area contributed by atoms with E-state index >= 15 is 0 Å². The van der Waals surface area contributed by atoms with E-state index in [1.807, 2.05) is 53.9 Å². The number of halogens is 1. The van der Waals surface area contributed by atoms with Crippen molar-refractivity contribution in [2.75, 3.05) is 19.6 Å². The summed E-state index contributed by atoms with van der Waals surface area (Å²) < 4.78 is 10.5.